The maximum Gasteiger partial charge on any atom is 0.404 e. The van der Waals surface area contributed by atoms with Crippen molar-refractivity contribution in [1.29, 1.82) is 0 Å². The summed E-state index contributed by atoms with van der Waals surface area (Å²) in [6.45, 7) is 3.28. The van der Waals surface area contributed by atoms with E-state index in [1.54, 1.807) is 12.3 Å². The van der Waals surface area contributed by atoms with Crippen molar-refractivity contribution < 1.29 is 32.0 Å². The molecule has 0 fully saturated rings. The average Bonchev–Trinajstić information content (AvgIpc) is 2.75. The summed E-state index contributed by atoms with van der Waals surface area (Å²) in [6.07, 6.45) is 2.12. The van der Waals surface area contributed by atoms with Gasteiger partial charge >= 0.3 is 13.3 Å². The zero-order chi connectivity index (χ0) is 24.6. The summed E-state index contributed by atoms with van der Waals surface area (Å²) in [7, 11) is -4.93. The number of carbonyl (C=O) groups is 2. The second-order valence-corrected chi connectivity index (χ2v) is 11.9. The Bertz CT molecular complexity index is 1040. The third-order valence-corrected chi connectivity index (χ3v) is 7.97. The lowest BCUT2D eigenvalue weighted by atomic mass is 10.0. The first-order valence-electron chi connectivity index (χ1n) is 10.3. The van der Waals surface area contributed by atoms with E-state index in [0.29, 0.717) is 22.9 Å². The van der Waals surface area contributed by atoms with E-state index in [9.17, 15) is 14.2 Å². The Hall–Kier alpha value is -1.45. The summed E-state index contributed by atoms with van der Waals surface area (Å²) >= 11 is 2.31. The van der Waals surface area contributed by atoms with E-state index in [1.165, 1.54) is 30.0 Å². The maximum absolute atomic E-state index is 15.5. The highest BCUT2D eigenvalue weighted by atomic mass is 32.2. The lowest BCUT2D eigenvalue weighted by Gasteiger charge is -2.27. The minimum atomic E-state index is -4.93. The molecular formula is C22H28F2NO5PS2. The standard InChI is InChI=1S/C22H28F2NO5PS2/c1-15(2)12-20(26)33-11-9-30-31(28,29-8-10-32-3)22(23,24)19-7-6-16-4-5-17(21(25)27)13-18(16)14-19/h4-7,13-15H,8-12H2,1-3H3,(H2,25,27). The summed E-state index contributed by atoms with van der Waals surface area (Å²) in [5.41, 5.74) is 0.939. The zero-order valence-electron chi connectivity index (χ0n) is 18.7. The molecule has 2 rings (SSSR count). The molecule has 0 saturated heterocycles. The lowest BCUT2D eigenvalue weighted by Crippen LogP contribution is -2.20. The van der Waals surface area contributed by atoms with Crippen LogP contribution >= 0.6 is 31.1 Å². The van der Waals surface area contributed by atoms with Crippen LogP contribution in [0.4, 0.5) is 8.78 Å². The molecule has 0 saturated carbocycles. The van der Waals surface area contributed by atoms with E-state index in [2.05, 4.69) is 0 Å². The van der Waals surface area contributed by atoms with E-state index >= 15 is 8.78 Å². The Morgan fingerprint density at radius 1 is 1.06 bits per heavy atom. The number of alkyl halides is 2. The highest BCUT2D eigenvalue weighted by molar-refractivity contribution is 8.13. The molecule has 0 radical (unpaired) electrons. The van der Waals surface area contributed by atoms with Crippen molar-refractivity contribution in [2.24, 2.45) is 11.7 Å². The summed E-state index contributed by atoms with van der Waals surface area (Å²) in [5.74, 6) is -0.0747. The predicted octanol–water partition coefficient (Wildman–Crippen LogP) is 5.88. The fourth-order valence-electron chi connectivity index (χ4n) is 2.89. The average molecular weight is 520 g/mol. The number of amides is 1. The summed E-state index contributed by atoms with van der Waals surface area (Å²) in [5, 5.41) is 0.867. The fourth-order valence-corrected chi connectivity index (χ4v) is 5.75. The molecule has 1 amide bonds. The molecule has 0 aliphatic rings. The molecule has 11 heteroatoms. The van der Waals surface area contributed by atoms with E-state index in [0.717, 1.165) is 23.9 Å². The highest BCUT2D eigenvalue weighted by Crippen LogP contribution is 2.67. The van der Waals surface area contributed by atoms with Crippen LogP contribution in [0, 0.1) is 5.92 Å². The van der Waals surface area contributed by atoms with Crippen molar-refractivity contribution in [3.05, 3.63) is 47.5 Å². The summed E-state index contributed by atoms with van der Waals surface area (Å²) in [6, 6.07) is 8.23. The van der Waals surface area contributed by atoms with Gasteiger partial charge in [0, 0.05) is 29.1 Å². The fraction of sp³-hybridized carbons (Fsp3) is 0.455. The Labute approximate surface area is 200 Å². The Morgan fingerprint density at radius 2 is 1.70 bits per heavy atom. The third kappa shape index (κ3) is 7.52. The molecule has 0 aliphatic heterocycles. The Balaban J connectivity index is 2.27. The molecule has 182 valence electrons. The number of carbonyl (C=O) groups excluding carboxylic acids is 2. The molecule has 1 atom stereocenters. The van der Waals surface area contributed by atoms with Gasteiger partial charge in [-0.05, 0) is 41.1 Å². The highest BCUT2D eigenvalue weighted by Gasteiger charge is 2.55. The first kappa shape index (κ1) is 27.8. The van der Waals surface area contributed by atoms with Gasteiger partial charge in [0.2, 0.25) is 5.91 Å². The molecule has 0 aliphatic carbocycles. The molecule has 0 bridgehead atoms. The second kappa shape index (κ2) is 12.3. The second-order valence-electron chi connectivity index (χ2n) is 7.66. The molecule has 0 heterocycles. The number of fused-ring (bicyclic) bond motifs is 1. The normalized spacial score (nSPS) is 13.9. The first-order chi connectivity index (χ1) is 15.5. The molecule has 2 aromatic rings. The Kier molecular flexibility index (Phi) is 10.4. The SMILES string of the molecule is CSCCOP(=O)(OCCSC(=O)CC(C)C)C(F)(F)c1ccc2ccc(C(N)=O)cc2c1. The van der Waals surface area contributed by atoms with E-state index in [1.807, 2.05) is 13.8 Å². The van der Waals surface area contributed by atoms with Crippen LogP contribution in [0.15, 0.2) is 36.4 Å². The minimum Gasteiger partial charge on any atom is -0.366 e. The number of halogens is 2. The topological polar surface area (TPSA) is 95.7 Å². The number of thioether (sulfide) groups is 2. The van der Waals surface area contributed by atoms with Gasteiger partial charge in [-0.25, -0.2) is 0 Å². The summed E-state index contributed by atoms with van der Waals surface area (Å²) in [4.78, 5) is 23.3. The molecular weight excluding hydrogens is 491 g/mol. The number of nitrogens with two attached hydrogens (primary N) is 1. The van der Waals surface area contributed by atoms with E-state index in [-0.39, 0.29) is 35.6 Å². The van der Waals surface area contributed by atoms with Gasteiger partial charge in [0.05, 0.1) is 13.2 Å². The maximum atomic E-state index is 15.5. The molecule has 0 spiro atoms. The molecule has 2 N–H and O–H groups in total. The van der Waals surface area contributed by atoms with Crippen LogP contribution in [0.25, 0.3) is 10.8 Å². The van der Waals surface area contributed by atoms with Crippen molar-refractivity contribution in [1.82, 2.24) is 0 Å². The van der Waals surface area contributed by atoms with Crippen LogP contribution in [0.2, 0.25) is 0 Å². The van der Waals surface area contributed by atoms with E-state index in [4.69, 9.17) is 14.8 Å². The quantitative estimate of drug-likeness (QED) is 0.261. The molecule has 33 heavy (non-hydrogen) atoms. The van der Waals surface area contributed by atoms with Gasteiger partial charge in [-0.2, -0.15) is 20.5 Å². The van der Waals surface area contributed by atoms with Crippen molar-refractivity contribution >= 4 is 52.9 Å². The molecule has 2 aromatic carbocycles. The zero-order valence-corrected chi connectivity index (χ0v) is 21.2. The number of primary amides is 1. The van der Waals surface area contributed by atoms with Gasteiger partial charge in [-0.1, -0.05) is 43.8 Å². The number of rotatable bonds is 13. The van der Waals surface area contributed by atoms with Crippen molar-refractivity contribution in [3.63, 3.8) is 0 Å². The smallest absolute Gasteiger partial charge is 0.366 e. The van der Waals surface area contributed by atoms with Crippen LogP contribution < -0.4 is 5.73 Å². The number of benzene rings is 2. The molecule has 6 nitrogen and oxygen atoms in total. The minimum absolute atomic E-state index is 0.0806. The van der Waals surface area contributed by atoms with Gasteiger partial charge in [0.15, 0.2) is 5.12 Å². The van der Waals surface area contributed by atoms with Gasteiger partial charge in [-0.3, -0.25) is 14.2 Å². The van der Waals surface area contributed by atoms with Gasteiger partial charge in [0.25, 0.3) is 0 Å². The predicted molar refractivity (Wildman–Crippen MR) is 131 cm³/mol. The van der Waals surface area contributed by atoms with Crippen LogP contribution in [0.3, 0.4) is 0 Å². The van der Waals surface area contributed by atoms with E-state index < -0.39 is 24.7 Å². The van der Waals surface area contributed by atoms with Crippen LogP contribution in [-0.4, -0.2) is 42.0 Å². The van der Waals surface area contributed by atoms with Crippen molar-refractivity contribution in [3.8, 4) is 0 Å². The van der Waals surface area contributed by atoms with Crippen molar-refractivity contribution in [2.75, 3.05) is 31.0 Å². The van der Waals surface area contributed by atoms with Gasteiger partial charge in [-0.15, -0.1) is 0 Å². The lowest BCUT2D eigenvalue weighted by molar-refractivity contribution is -0.111. The van der Waals surface area contributed by atoms with Gasteiger partial charge in [0.1, 0.15) is 0 Å². The van der Waals surface area contributed by atoms with Crippen LogP contribution in [-0.2, 0) is 24.1 Å². The van der Waals surface area contributed by atoms with Crippen molar-refractivity contribution in [2.45, 2.75) is 25.9 Å². The number of hydrogen-bond acceptors (Lipinski definition) is 7. The molecule has 0 aromatic heterocycles. The van der Waals surface area contributed by atoms with Crippen LogP contribution in [0.1, 0.15) is 36.2 Å². The molecule has 1 unspecified atom stereocenters. The Morgan fingerprint density at radius 3 is 2.30 bits per heavy atom. The monoisotopic (exact) mass is 519 g/mol. The van der Waals surface area contributed by atoms with Crippen LogP contribution in [0.5, 0.6) is 0 Å². The summed E-state index contributed by atoms with van der Waals surface area (Å²) < 4.78 is 54.5. The third-order valence-electron chi connectivity index (χ3n) is 4.55. The number of hydrogen-bond donors (Lipinski definition) is 1. The van der Waals surface area contributed by atoms with Gasteiger partial charge < -0.3 is 14.8 Å². The first-order valence-corrected chi connectivity index (χ1v) is 14.2. The largest absolute Gasteiger partial charge is 0.404 e.